The minimum atomic E-state index is -4.83. The summed E-state index contributed by atoms with van der Waals surface area (Å²) in [5, 5.41) is 9.91. The Labute approximate surface area is 187 Å². The van der Waals surface area contributed by atoms with E-state index in [0.29, 0.717) is 5.56 Å². The second-order valence-corrected chi connectivity index (χ2v) is 8.00. The molecule has 1 aromatic carbocycles. The van der Waals surface area contributed by atoms with E-state index in [9.17, 15) is 22.8 Å². The second-order valence-electron chi connectivity index (χ2n) is 6.78. The molecule has 3 heterocycles. The SMILES string of the molecule is Cn1c(Cn2ccc(C(F)(F)F)c(Oc3cc(Cl)cc(-c4ccsc4)c3)c2=O)n[nH]c1=O. The number of alkyl halides is 3. The molecule has 0 aliphatic rings. The summed E-state index contributed by atoms with van der Waals surface area (Å²) in [6, 6.07) is 7.04. The van der Waals surface area contributed by atoms with Gasteiger partial charge in [-0.3, -0.25) is 9.36 Å². The number of ether oxygens (including phenoxy) is 1. The van der Waals surface area contributed by atoms with Gasteiger partial charge in [-0.25, -0.2) is 9.89 Å². The van der Waals surface area contributed by atoms with Crippen molar-refractivity contribution in [2.24, 2.45) is 7.05 Å². The predicted octanol–water partition coefficient (Wildman–Crippen LogP) is 4.51. The molecular formula is C20H14ClF3N4O3S. The van der Waals surface area contributed by atoms with Gasteiger partial charge in [-0.1, -0.05) is 11.6 Å². The topological polar surface area (TPSA) is 81.9 Å². The molecule has 0 aliphatic heterocycles. The number of nitrogens with one attached hydrogen (secondary N) is 1. The maximum absolute atomic E-state index is 13.6. The standard InChI is InChI=1S/C20H14ClF3N4O3S/c1-27-16(25-26-19(27)30)9-28-4-2-15(20(22,23)24)17(18(28)29)31-14-7-12(6-13(21)8-14)11-3-5-32-10-11/h2-8,10H,9H2,1H3,(H,26,30). The van der Waals surface area contributed by atoms with Gasteiger partial charge in [0.15, 0.2) is 5.82 Å². The summed E-state index contributed by atoms with van der Waals surface area (Å²) in [7, 11) is 1.42. The maximum Gasteiger partial charge on any atom is 0.420 e. The molecule has 1 N–H and O–H groups in total. The molecule has 4 aromatic rings. The van der Waals surface area contributed by atoms with Crippen LogP contribution in [0, 0.1) is 0 Å². The average molecular weight is 483 g/mol. The molecule has 0 atom stereocenters. The number of pyridine rings is 1. The van der Waals surface area contributed by atoms with Crippen LogP contribution in [0.4, 0.5) is 13.2 Å². The molecule has 0 aliphatic carbocycles. The molecule has 0 fully saturated rings. The molecule has 3 aromatic heterocycles. The number of aromatic amines is 1. The lowest BCUT2D eigenvalue weighted by molar-refractivity contribution is -0.138. The Morgan fingerprint density at radius 2 is 1.97 bits per heavy atom. The molecule has 0 radical (unpaired) electrons. The fourth-order valence-electron chi connectivity index (χ4n) is 3.01. The van der Waals surface area contributed by atoms with Crippen molar-refractivity contribution in [3.63, 3.8) is 0 Å². The van der Waals surface area contributed by atoms with Crippen LogP contribution < -0.4 is 16.0 Å². The smallest absolute Gasteiger partial charge is 0.420 e. The fraction of sp³-hybridized carbons (Fsp3) is 0.150. The molecule has 0 saturated carbocycles. The van der Waals surface area contributed by atoms with Crippen molar-refractivity contribution < 1.29 is 17.9 Å². The minimum Gasteiger partial charge on any atom is -0.451 e. The van der Waals surface area contributed by atoms with Gasteiger partial charge in [-0.05, 0) is 52.2 Å². The third kappa shape index (κ3) is 4.34. The molecule has 0 unspecified atom stereocenters. The third-order valence-corrected chi connectivity index (χ3v) is 5.56. The Morgan fingerprint density at radius 3 is 2.59 bits per heavy atom. The normalized spacial score (nSPS) is 11.7. The summed E-state index contributed by atoms with van der Waals surface area (Å²) in [6.07, 6.45) is -3.85. The quantitative estimate of drug-likeness (QED) is 0.454. The first-order chi connectivity index (χ1) is 15.1. The summed E-state index contributed by atoms with van der Waals surface area (Å²) in [5.74, 6) is -0.768. The Balaban J connectivity index is 1.79. The van der Waals surface area contributed by atoms with E-state index in [1.807, 2.05) is 16.8 Å². The highest BCUT2D eigenvalue weighted by atomic mass is 35.5. The second kappa shape index (κ2) is 8.32. The zero-order valence-electron chi connectivity index (χ0n) is 16.3. The highest BCUT2D eigenvalue weighted by Gasteiger charge is 2.36. The van der Waals surface area contributed by atoms with Crippen LogP contribution in [0.1, 0.15) is 11.4 Å². The van der Waals surface area contributed by atoms with Crippen molar-refractivity contribution in [1.82, 2.24) is 19.3 Å². The van der Waals surface area contributed by atoms with E-state index in [1.54, 1.807) is 6.07 Å². The van der Waals surface area contributed by atoms with Gasteiger partial charge in [-0.2, -0.15) is 29.6 Å². The van der Waals surface area contributed by atoms with Crippen LogP contribution in [0.3, 0.4) is 0 Å². The van der Waals surface area contributed by atoms with E-state index < -0.39 is 28.7 Å². The van der Waals surface area contributed by atoms with E-state index in [0.717, 1.165) is 27.0 Å². The molecule has 0 bridgehead atoms. The van der Waals surface area contributed by atoms with Gasteiger partial charge in [0.05, 0.1) is 6.54 Å². The first-order valence-electron chi connectivity index (χ1n) is 9.05. The van der Waals surface area contributed by atoms with E-state index >= 15 is 0 Å². The number of hydrogen-bond donors (Lipinski definition) is 1. The summed E-state index contributed by atoms with van der Waals surface area (Å²) in [6.45, 7) is -0.238. The van der Waals surface area contributed by atoms with E-state index in [2.05, 4.69) is 10.2 Å². The van der Waals surface area contributed by atoms with Gasteiger partial charge in [0, 0.05) is 18.3 Å². The van der Waals surface area contributed by atoms with Crippen molar-refractivity contribution in [3.8, 4) is 22.6 Å². The Morgan fingerprint density at radius 1 is 1.19 bits per heavy atom. The van der Waals surface area contributed by atoms with E-state index in [4.69, 9.17) is 16.3 Å². The molecule has 7 nitrogen and oxygen atoms in total. The highest BCUT2D eigenvalue weighted by molar-refractivity contribution is 7.08. The van der Waals surface area contributed by atoms with Crippen molar-refractivity contribution >= 4 is 22.9 Å². The maximum atomic E-state index is 13.6. The first kappa shape index (κ1) is 21.9. The number of halogens is 4. The molecule has 12 heteroatoms. The van der Waals surface area contributed by atoms with Gasteiger partial charge in [0.25, 0.3) is 5.56 Å². The molecule has 166 valence electrons. The summed E-state index contributed by atoms with van der Waals surface area (Å²) in [5.41, 5.74) is -1.34. The summed E-state index contributed by atoms with van der Waals surface area (Å²) < 4.78 is 48.5. The molecule has 0 spiro atoms. The Hall–Kier alpha value is -3.31. The van der Waals surface area contributed by atoms with Crippen molar-refractivity contribution in [2.45, 2.75) is 12.7 Å². The number of rotatable bonds is 5. The van der Waals surface area contributed by atoms with Crippen LogP contribution in [-0.4, -0.2) is 19.3 Å². The lowest BCUT2D eigenvalue weighted by atomic mass is 10.1. The van der Waals surface area contributed by atoms with Crippen molar-refractivity contribution in [3.05, 3.63) is 84.5 Å². The zero-order chi connectivity index (χ0) is 23.0. The van der Waals surface area contributed by atoms with Crippen molar-refractivity contribution in [2.75, 3.05) is 0 Å². The lowest BCUT2D eigenvalue weighted by Gasteiger charge is -2.16. The number of benzene rings is 1. The molecular weight excluding hydrogens is 469 g/mol. The van der Waals surface area contributed by atoms with Gasteiger partial charge >= 0.3 is 11.9 Å². The first-order valence-corrected chi connectivity index (χ1v) is 10.4. The largest absolute Gasteiger partial charge is 0.451 e. The minimum absolute atomic E-state index is 0.0220. The predicted molar refractivity (Wildman–Crippen MR) is 113 cm³/mol. The number of hydrogen-bond acceptors (Lipinski definition) is 5. The number of H-pyrrole nitrogens is 1. The van der Waals surface area contributed by atoms with Crippen LogP contribution in [0.5, 0.6) is 11.5 Å². The van der Waals surface area contributed by atoms with Crippen LogP contribution in [-0.2, 0) is 19.8 Å². The molecule has 0 amide bonds. The molecule has 32 heavy (non-hydrogen) atoms. The highest BCUT2D eigenvalue weighted by Crippen LogP contribution is 2.37. The lowest BCUT2D eigenvalue weighted by Crippen LogP contribution is -2.26. The van der Waals surface area contributed by atoms with Crippen LogP contribution >= 0.6 is 22.9 Å². The molecule has 4 rings (SSSR count). The van der Waals surface area contributed by atoms with Gasteiger partial charge in [0.2, 0.25) is 5.75 Å². The third-order valence-electron chi connectivity index (χ3n) is 4.66. The van der Waals surface area contributed by atoms with E-state index in [1.165, 1.54) is 30.5 Å². The van der Waals surface area contributed by atoms with Gasteiger partial charge in [0.1, 0.15) is 11.3 Å². The van der Waals surface area contributed by atoms with E-state index in [-0.39, 0.29) is 23.1 Å². The average Bonchev–Trinajstić information content (AvgIpc) is 3.36. The number of nitrogens with zero attached hydrogens (tertiary/aromatic N) is 3. The van der Waals surface area contributed by atoms with Crippen LogP contribution in [0.2, 0.25) is 5.02 Å². The molecule has 0 saturated heterocycles. The van der Waals surface area contributed by atoms with Gasteiger partial charge in [-0.15, -0.1) is 0 Å². The number of thiophene rings is 1. The van der Waals surface area contributed by atoms with Gasteiger partial charge < -0.3 is 9.30 Å². The summed E-state index contributed by atoms with van der Waals surface area (Å²) >= 11 is 7.58. The monoisotopic (exact) mass is 482 g/mol. The summed E-state index contributed by atoms with van der Waals surface area (Å²) in [4.78, 5) is 24.5. The fourth-order valence-corrected chi connectivity index (χ4v) is 3.90. The zero-order valence-corrected chi connectivity index (χ0v) is 17.9. The van der Waals surface area contributed by atoms with Crippen LogP contribution in [0.25, 0.3) is 11.1 Å². The van der Waals surface area contributed by atoms with Crippen molar-refractivity contribution in [1.29, 1.82) is 0 Å². The number of aromatic nitrogens is 4. The Kier molecular flexibility index (Phi) is 5.70. The van der Waals surface area contributed by atoms with Crippen LogP contribution in [0.15, 0.2) is 56.9 Å². The Bertz CT molecular complexity index is 1390.